The number of nitrogens with one attached hydrogen (secondary N) is 2. The second kappa shape index (κ2) is 11.0. The summed E-state index contributed by atoms with van der Waals surface area (Å²) in [5.74, 6) is -0.328. The first-order valence-electron chi connectivity index (χ1n) is 11.9. The fourth-order valence-electron chi connectivity index (χ4n) is 4.01. The van der Waals surface area contributed by atoms with Gasteiger partial charge in [0.05, 0.1) is 25.1 Å². The van der Waals surface area contributed by atoms with Crippen LogP contribution in [-0.2, 0) is 23.4 Å². The largest absolute Gasteiger partial charge is 0.462 e. The van der Waals surface area contributed by atoms with Gasteiger partial charge in [0.25, 0.3) is 5.56 Å². The molecule has 0 aliphatic carbocycles. The molecule has 3 aromatic rings. The number of nitrogens with two attached hydrogens (primary N) is 1. The fraction of sp³-hybridized carbons (Fsp3) is 0.478. The highest BCUT2D eigenvalue weighted by atomic mass is 31.2. The number of carbonyl (C=O) groups is 1. The predicted molar refractivity (Wildman–Crippen MR) is 135 cm³/mol. The van der Waals surface area contributed by atoms with Crippen LogP contribution in [0.5, 0.6) is 5.75 Å². The third kappa shape index (κ3) is 6.37. The third-order valence-corrected chi connectivity index (χ3v) is 7.28. The zero-order valence-electron chi connectivity index (χ0n) is 21.0. The van der Waals surface area contributed by atoms with Gasteiger partial charge in [0.15, 0.2) is 11.2 Å². The van der Waals surface area contributed by atoms with Gasteiger partial charge in [0.2, 0.25) is 5.95 Å². The van der Waals surface area contributed by atoms with Crippen molar-refractivity contribution in [3.05, 3.63) is 47.0 Å². The molecule has 0 amide bonds. The van der Waals surface area contributed by atoms with Crippen molar-refractivity contribution in [1.29, 1.82) is 0 Å². The van der Waals surface area contributed by atoms with Crippen molar-refractivity contribution in [3.8, 4) is 5.75 Å². The predicted octanol–water partition coefficient (Wildman–Crippen LogP) is 2.76. The molecule has 4 N–H and O–H groups in total. The lowest BCUT2D eigenvalue weighted by Gasteiger charge is -2.24. The van der Waals surface area contributed by atoms with Gasteiger partial charge < -0.3 is 19.7 Å². The number of hydrogen-bond acceptors (Lipinski definition) is 10. The Hall–Kier alpha value is -3.25. The number of benzene rings is 1. The maximum Gasteiger partial charge on any atom is 0.459 e. The molecule has 2 aromatic heterocycles. The number of nitrogen functional groups attached to an aromatic ring is 1. The average molecular weight is 535 g/mol. The number of para-hydroxylation sites is 1. The standard InChI is InChI=1S/C23H31N6O7P/c1-13(2)34-22(31)15(4)28-37(32,36-16-8-6-5-7-9-16)33-11-17-10-14(3)21(35-17)29-12-25-18-19(29)26-23(24)27-20(18)30/h5-9,12-15,17,21H,10-11H2,1-4H3,(H,28,32)(H3,24,26,27,30). The van der Waals surface area contributed by atoms with Crippen LogP contribution < -0.4 is 20.9 Å². The quantitative estimate of drug-likeness (QED) is 0.258. The van der Waals surface area contributed by atoms with E-state index >= 15 is 0 Å². The van der Waals surface area contributed by atoms with E-state index in [0.29, 0.717) is 17.8 Å². The number of nitrogens with zero attached hydrogens (tertiary/aromatic N) is 3. The maximum absolute atomic E-state index is 13.7. The molecule has 200 valence electrons. The summed E-state index contributed by atoms with van der Waals surface area (Å²) < 4.78 is 38.1. The van der Waals surface area contributed by atoms with Gasteiger partial charge in [-0.15, -0.1) is 0 Å². The van der Waals surface area contributed by atoms with Crippen molar-refractivity contribution in [2.75, 3.05) is 12.3 Å². The first-order valence-corrected chi connectivity index (χ1v) is 13.4. The molecule has 1 fully saturated rings. The number of imidazole rings is 1. The van der Waals surface area contributed by atoms with Gasteiger partial charge in [-0.3, -0.25) is 23.7 Å². The van der Waals surface area contributed by atoms with Crippen molar-refractivity contribution >= 4 is 30.8 Å². The van der Waals surface area contributed by atoms with E-state index in [2.05, 4.69) is 20.0 Å². The maximum atomic E-state index is 13.7. The van der Waals surface area contributed by atoms with Crippen molar-refractivity contribution in [3.63, 3.8) is 0 Å². The number of aromatic amines is 1. The highest BCUT2D eigenvalue weighted by molar-refractivity contribution is 7.52. The molecular formula is C23H31N6O7P. The van der Waals surface area contributed by atoms with Crippen LogP contribution in [0.2, 0.25) is 0 Å². The van der Waals surface area contributed by atoms with Crippen molar-refractivity contribution < 1.29 is 27.9 Å². The highest BCUT2D eigenvalue weighted by Gasteiger charge is 2.38. The molecule has 1 aromatic carbocycles. The Morgan fingerprint density at radius 2 is 2.05 bits per heavy atom. The molecule has 1 saturated heterocycles. The Bertz CT molecular complexity index is 1340. The number of rotatable bonds is 10. The van der Waals surface area contributed by atoms with Crippen LogP contribution in [0.1, 0.15) is 40.3 Å². The van der Waals surface area contributed by atoms with Gasteiger partial charge in [0, 0.05) is 5.92 Å². The molecule has 0 radical (unpaired) electrons. The minimum absolute atomic E-state index is 0.0179. The Balaban J connectivity index is 1.48. The summed E-state index contributed by atoms with van der Waals surface area (Å²) in [7, 11) is -4.02. The molecule has 5 atom stereocenters. The summed E-state index contributed by atoms with van der Waals surface area (Å²) in [4.78, 5) is 35.2. The Morgan fingerprint density at radius 3 is 2.76 bits per heavy atom. The summed E-state index contributed by atoms with van der Waals surface area (Å²) >= 11 is 0. The van der Waals surface area contributed by atoms with Crippen LogP contribution in [0.15, 0.2) is 41.5 Å². The summed E-state index contributed by atoms with van der Waals surface area (Å²) in [6.45, 7) is 6.84. The van der Waals surface area contributed by atoms with Gasteiger partial charge >= 0.3 is 13.7 Å². The van der Waals surface area contributed by atoms with Crippen LogP contribution in [0, 0.1) is 5.92 Å². The molecule has 14 heteroatoms. The fourth-order valence-corrected chi connectivity index (χ4v) is 5.53. The summed E-state index contributed by atoms with van der Waals surface area (Å²) in [5.41, 5.74) is 5.72. The third-order valence-electron chi connectivity index (χ3n) is 5.63. The van der Waals surface area contributed by atoms with Gasteiger partial charge in [-0.2, -0.15) is 10.1 Å². The van der Waals surface area contributed by atoms with Crippen molar-refractivity contribution in [2.24, 2.45) is 5.92 Å². The minimum Gasteiger partial charge on any atom is -0.462 e. The summed E-state index contributed by atoms with van der Waals surface area (Å²) in [6, 6.07) is 7.54. The Labute approximate surface area is 213 Å². The Morgan fingerprint density at radius 1 is 1.32 bits per heavy atom. The number of esters is 1. The minimum atomic E-state index is -4.02. The number of aromatic nitrogens is 4. The molecule has 0 spiro atoms. The number of fused-ring (bicyclic) bond motifs is 1. The van der Waals surface area contributed by atoms with Gasteiger partial charge in [-0.05, 0) is 39.3 Å². The van der Waals surface area contributed by atoms with E-state index in [9.17, 15) is 14.2 Å². The van der Waals surface area contributed by atoms with E-state index in [0.717, 1.165) is 0 Å². The number of ether oxygens (including phenoxy) is 2. The SMILES string of the molecule is CC(C)OC(=O)C(C)NP(=O)(OCC1CC(C)C(n2cnc3c(=O)[nH]c(N)nc32)O1)Oc1ccccc1. The first-order chi connectivity index (χ1) is 17.5. The molecule has 5 unspecified atom stereocenters. The smallest absolute Gasteiger partial charge is 0.459 e. The summed E-state index contributed by atoms with van der Waals surface area (Å²) in [6.07, 6.45) is 0.721. The molecule has 0 bridgehead atoms. The molecule has 4 rings (SSSR count). The first kappa shape index (κ1) is 26.8. The normalized spacial score (nSPS) is 22.1. The van der Waals surface area contributed by atoms with Crippen molar-refractivity contribution in [1.82, 2.24) is 24.6 Å². The molecule has 1 aliphatic rings. The monoisotopic (exact) mass is 534 g/mol. The molecule has 0 saturated carbocycles. The highest BCUT2D eigenvalue weighted by Crippen LogP contribution is 2.46. The van der Waals surface area contributed by atoms with Crippen LogP contribution in [0.25, 0.3) is 11.2 Å². The molecular weight excluding hydrogens is 503 g/mol. The van der Waals surface area contributed by atoms with E-state index in [1.807, 2.05) is 6.92 Å². The lowest BCUT2D eigenvalue weighted by Crippen LogP contribution is -2.36. The zero-order chi connectivity index (χ0) is 26.7. The molecule has 13 nitrogen and oxygen atoms in total. The van der Waals surface area contributed by atoms with E-state index in [-0.39, 0.29) is 30.1 Å². The zero-order valence-corrected chi connectivity index (χ0v) is 21.9. The molecule has 1 aliphatic heterocycles. The van der Waals surface area contributed by atoms with E-state index < -0.39 is 37.6 Å². The number of hydrogen-bond donors (Lipinski definition) is 3. The lowest BCUT2D eigenvalue weighted by molar-refractivity contribution is -0.149. The topological polar surface area (TPSA) is 173 Å². The molecule has 37 heavy (non-hydrogen) atoms. The number of H-pyrrole nitrogens is 1. The second-order valence-electron chi connectivity index (χ2n) is 9.17. The van der Waals surface area contributed by atoms with E-state index in [1.165, 1.54) is 13.3 Å². The van der Waals surface area contributed by atoms with Crippen LogP contribution >= 0.6 is 7.75 Å². The van der Waals surface area contributed by atoms with Crippen LogP contribution in [0.3, 0.4) is 0 Å². The summed E-state index contributed by atoms with van der Waals surface area (Å²) in [5, 5.41) is 2.66. The lowest BCUT2D eigenvalue weighted by atomic mass is 10.1. The van der Waals surface area contributed by atoms with Crippen LogP contribution in [-0.4, -0.2) is 50.3 Å². The number of anilines is 1. The Kier molecular flexibility index (Phi) is 7.98. The average Bonchev–Trinajstić information content (AvgIpc) is 3.41. The molecule has 3 heterocycles. The van der Waals surface area contributed by atoms with Gasteiger partial charge in [0.1, 0.15) is 18.0 Å². The number of carbonyl (C=O) groups excluding carboxylic acids is 1. The van der Waals surface area contributed by atoms with Gasteiger partial charge in [-0.25, -0.2) is 9.55 Å². The van der Waals surface area contributed by atoms with E-state index in [1.54, 1.807) is 48.7 Å². The van der Waals surface area contributed by atoms with E-state index in [4.69, 9.17) is 24.3 Å². The van der Waals surface area contributed by atoms with Gasteiger partial charge in [-0.1, -0.05) is 25.1 Å². The van der Waals surface area contributed by atoms with Crippen LogP contribution in [0.4, 0.5) is 5.95 Å². The van der Waals surface area contributed by atoms with Crippen molar-refractivity contribution in [2.45, 2.75) is 58.6 Å². The second-order valence-corrected chi connectivity index (χ2v) is 10.9.